The van der Waals surface area contributed by atoms with Gasteiger partial charge in [-0.25, -0.2) is 9.78 Å². The number of carbonyl (C=O) groups is 2. The van der Waals surface area contributed by atoms with Crippen LogP contribution in [0.1, 0.15) is 37.8 Å². The number of hydrogen-bond donors (Lipinski definition) is 2. The maximum absolute atomic E-state index is 12.6. The first-order valence-corrected chi connectivity index (χ1v) is 10.3. The SMILES string of the molecule is CC(C)[C@H](NC(=O)OCc1ccccc1)C(=O)NCc1ccc(OCC2CC2)nc1. The molecule has 1 aliphatic carbocycles. The second kappa shape index (κ2) is 10.6. The number of benzene rings is 1. The lowest BCUT2D eigenvalue weighted by atomic mass is 10.0. The number of pyridine rings is 1. The number of carbonyl (C=O) groups excluding carboxylic acids is 2. The summed E-state index contributed by atoms with van der Waals surface area (Å²) in [7, 11) is 0. The number of aromatic nitrogens is 1. The molecular weight excluding hydrogens is 382 g/mol. The highest BCUT2D eigenvalue weighted by molar-refractivity contribution is 5.85. The van der Waals surface area contributed by atoms with Gasteiger partial charge in [0, 0.05) is 18.8 Å². The summed E-state index contributed by atoms with van der Waals surface area (Å²) in [4.78, 5) is 29.0. The van der Waals surface area contributed by atoms with Gasteiger partial charge in [-0.3, -0.25) is 4.79 Å². The monoisotopic (exact) mass is 411 g/mol. The largest absolute Gasteiger partial charge is 0.477 e. The van der Waals surface area contributed by atoms with Gasteiger partial charge in [-0.1, -0.05) is 50.2 Å². The minimum absolute atomic E-state index is 0.0920. The fraction of sp³-hybridized carbons (Fsp3) is 0.435. The van der Waals surface area contributed by atoms with Crippen molar-refractivity contribution in [3.63, 3.8) is 0 Å². The zero-order chi connectivity index (χ0) is 21.3. The third-order valence-electron chi connectivity index (χ3n) is 4.86. The lowest BCUT2D eigenvalue weighted by Gasteiger charge is -2.21. The van der Waals surface area contributed by atoms with Crippen molar-refractivity contribution < 1.29 is 19.1 Å². The highest BCUT2D eigenvalue weighted by atomic mass is 16.5. The molecule has 1 aliphatic rings. The Hall–Kier alpha value is -3.09. The number of alkyl carbamates (subject to hydrolysis) is 1. The van der Waals surface area contributed by atoms with E-state index in [2.05, 4.69) is 15.6 Å². The molecule has 0 unspecified atom stereocenters. The Morgan fingerprint density at radius 3 is 2.50 bits per heavy atom. The maximum atomic E-state index is 12.6. The van der Waals surface area contributed by atoms with Crippen LogP contribution < -0.4 is 15.4 Å². The molecule has 1 fully saturated rings. The van der Waals surface area contributed by atoms with Crippen molar-refractivity contribution in [3.8, 4) is 5.88 Å². The van der Waals surface area contributed by atoms with Crippen LogP contribution in [0.4, 0.5) is 4.79 Å². The van der Waals surface area contributed by atoms with Crippen LogP contribution in [0.15, 0.2) is 48.7 Å². The van der Waals surface area contributed by atoms with Crippen LogP contribution in [0.5, 0.6) is 5.88 Å². The molecule has 1 atom stereocenters. The Kier molecular flexibility index (Phi) is 7.65. The average molecular weight is 412 g/mol. The molecule has 0 bridgehead atoms. The number of hydrogen-bond acceptors (Lipinski definition) is 5. The van der Waals surface area contributed by atoms with Gasteiger partial charge in [0.25, 0.3) is 0 Å². The second-order valence-corrected chi connectivity index (χ2v) is 7.90. The molecule has 30 heavy (non-hydrogen) atoms. The quantitative estimate of drug-likeness (QED) is 0.625. The second-order valence-electron chi connectivity index (χ2n) is 7.90. The molecule has 2 amide bonds. The summed E-state index contributed by atoms with van der Waals surface area (Å²) in [6, 6.07) is 12.4. The molecule has 2 aromatic rings. The Morgan fingerprint density at radius 1 is 1.10 bits per heavy atom. The lowest BCUT2D eigenvalue weighted by Crippen LogP contribution is -2.49. The van der Waals surface area contributed by atoms with Gasteiger partial charge in [0.2, 0.25) is 11.8 Å². The first-order chi connectivity index (χ1) is 14.5. The standard InChI is InChI=1S/C23H29N3O4/c1-16(2)21(26-23(28)30-15-17-6-4-3-5-7-17)22(27)25-13-19-10-11-20(24-12-19)29-14-18-8-9-18/h3-7,10-12,16,18,21H,8-9,13-15H2,1-2H3,(H,25,27)(H,26,28)/t21-/m0/s1. The Labute approximate surface area is 177 Å². The van der Waals surface area contributed by atoms with Crippen molar-refractivity contribution in [2.24, 2.45) is 11.8 Å². The molecule has 0 aliphatic heterocycles. The molecule has 1 heterocycles. The van der Waals surface area contributed by atoms with Crippen LogP contribution in [0.25, 0.3) is 0 Å². The predicted octanol–water partition coefficient (Wildman–Crippen LogP) is 3.44. The smallest absolute Gasteiger partial charge is 0.408 e. The Bertz CT molecular complexity index is 820. The summed E-state index contributed by atoms with van der Waals surface area (Å²) in [5.74, 6) is 0.909. The van der Waals surface area contributed by atoms with E-state index in [4.69, 9.17) is 9.47 Å². The van der Waals surface area contributed by atoms with Gasteiger partial charge in [-0.15, -0.1) is 0 Å². The summed E-state index contributed by atoms with van der Waals surface area (Å²) in [5, 5.41) is 5.51. The van der Waals surface area contributed by atoms with Gasteiger partial charge in [0.1, 0.15) is 12.6 Å². The Morgan fingerprint density at radius 2 is 1.87 bits per heavy atom. The van der Waals surface area contributed by atoms with Crippen LogP contribution >= 0.6 is 0 Å². The normalized spacial score (nSPS) is 14.1. The van der Waals surface area contributed by atoms with Crippen molar-refractivity contribution in [3.05, 3.63) is 59.8 Å². The van der Waals surface area contributed by atoms with Crippen LogP contribution in [0.2, 0.25) is 0 Å². The van der Waals surface area contributed by atoms with Crippen LogP contribution in [-0.4, -0.2) is 29.6 Å². The van der Waals surface area contributed by atoms with E-state index in [0.29, 0.717) is 24.9 Å². The van der Waals surface area contributed by atoms with E-state index in [1.54, 1.807) is 6.20 Å². The van der Waals surface area contributed by atoms with Gasteiger partial charge in [0.05, 0.1) is 6.61 Å². The topological polar surface area (TPSA) is 89.5 Å². The summed E-state index contributed by atoms with van der Waals surface area (Å²) in [5.41, 5.74) is 1.74. The third-order valence-corrected chi connectivity index (χ3v) is 4.86. The first-order valence-electron chi connectivity index (χ1n) is 10.3. The number of ether oxygens (including phenoxy) is 2. The number of nitrogens with one attached hydrogen (secondary N) is 2. The van der Waals surface area contributed by atoms with Crippen LogP contribution in [-0.2, 0) is 22.7 Å². The molecule has 3 rings (SSSR count). The zero-order valence-electron chi connectivity index (χ0n) is 17.5. The minimum atomic E-state index is -0.692. The summed E-state index contributed by atoms with van der Waals surface area (Å²) in [6.07, 6.45) is 3.53. The van der Waals surface area contributed by atoms with E-state index in [1.165, 1.54) is 12.8 Å². The van der Waals surface area contributed by atoms with Crippen molar-refractivity contribution >= 4 is 12.0 Å². The van der Waals surface area contributed by atoms with E-state index in [-0.39, 0.29) is 18.4 Å². The molecule has 0 spiro atoms. The molecule has 0 radical (unpaired) electrons. The molecule has 7 nitrogen and oxygen atoms in total. The van der Waals surface area contributed by atoms with Crippen molar-refractivity contribution in [1.29, 1.82) is 0 Å². The van der Waals surface area contributed by atoms with Gasteiger partial charge in [-0.05, 0) is 35.8 Å². The number of nitrogens with zero attached hydrogens (tertiary/aromatic N) is 1. The number of amides is 2. The van der Waals surface area contributed by atoms with Gasteiger partial charge < -0.3 is 20.1 Å². The predicted molar refractivity (Wildman–Crippen MR) is 113 cm³/mol. The Balaban J connectivity index is 1.44. The molecule has 1 aromatic carbocycles. The highest BCUT2D eigenvalue weighted by Gasteiger charge is 2.25. The van der Waals surface area contributed by atoms with Gasteiger partial charge in [-0.2, -0.15) is 0 Å². The van der Waals surface area contributed by atoms with E-state index >= 15 is 0 Å². The van der Waals surface area contributed by atoms with E-state index in [0.717, 1.165) is 11.1 Å². The van der Waals surface area contributed by atoms with Crippen LogP contribution in [0.3, 0.4) is 0 Å². The molecular formula is C23H29N3O4. The van der Waals surface area contributed by atoms with Crippen LogP contribution in [0, 0.1) is 11.8 Å². The molecule has 1 saturated carbocycles. The molecule has 1 aromatic heterocycles. The average Bonchev–Trinajstić information content (AvgIpc) is 3.59. The zero-order valence-corrected chi connectivity index (χ0v) is 17.5. The molecule has 160 valence electrons. The summed E-state index contributed by atoms with van der Waals surface area (Å²) >= 11 is 0. The fourth-order valence-electron chi connectivity index (χ4n) is 2.81. The van der Waals surface area contributed by atoms with Crippen molar-refractivity contribution in [1.82, 2.24) is 15.6 Å². The van der Waals surface area contributed by atoms with Crippen molar-refractivity contribution in [2.75, 3.05) is 6.61 Å². The molecule has 2 N–H and O–H groups in total. The lowest BCUT2D eigenvalue weighted by molar-refractivity contribution is -0.124. The van der Waals surface area contributed by atoms with E-state index in [9.17, 15) is 9.59 Å². The summed E-state index contributed by atoms with van der Waals surface area (Å²) in [6.45, 7) is 4.92. The first kappa shape index (κ1) is 21.6. The van der Waals surface area contributed by atoms with E-state index < -0.39 is 12.1 Å². The van der Waals surface area contributed by atoms with E-state index in [1.807, 2.05) is 56.3 Å². The molecule has 7 heteroatoms. The minimum Gasteiger partial charge on any atom is -0.477 e. The highest BCUT2D eigenvalue weighted by Crippen LogP contribution is 2.29. The van der Waals surface area contributed by atoms with Crippen molar-refractivity contribution in [2.45, 2.75) is 45.9 Å². The summed E-state index contributed by atoms with van der Waals surface area (Å²) < 4.78 is 10.8. The fourth-order valence-corrected chi connectivity index (χ4v) is 2.81. The number of rotatable bonds is 10. The van der Waals surface area contributed by atoms with Gasteiger partial charge in [0.15, 0.2) is 0 Å². The van der Waals surface area contributed by atoms with Gasteiger partial charge >= 0.3 is 6.09 Å². The third kappa shape index (κ3) is 7.06. The maximum Gasteiger partial charge on any atom is 0.408 e. The molecule has 0 saturated heterocycles.